The molecule has 3 aromatic rings. The Balaban J connectivity index is 1.35. The van der Waals surface area contributed by atoms with Crippen LogP contribution in [0, 0.1) is 5.82 Å². The number of ether oxygens (including phenoxy) is 1. The zero-order valence-corrected chi connectivity index (χ0v) is 17.1. The molecule has 0 aliphatic carbocycles. The van der Waals surface area contributed by atoms with Crippen LogP contribution in [-0.2, 0) is 4.79 Å². The molecule has 0 bridgehead atoms. The number of nitrogens with one attached hydrogen (secondary N) is 1. The van der Waals surface area contributed by atoms with Gasteiger partial charge in [-0.05, 0) is 42.5 Å². The van der Waals surface area contributed by atoms with Crippen LogP contribution < -0.4 is 4.74 Å². The van der Waals surface area contributed by atoms with E-state index in [1.165, 1.54) is 12.1 Å². The Kier molecular flexibility index (Phi) is 6.22. The van der Waals surface area contributed by atoms with E-state index in [4.69, 9.17) is 16.3 Å². The summed E-state index contributed by atoms with van der Waals surface area (Å²) < 4.78 is 19.2. The minimum atomic E-state index is -0.903. The molecule has 1 aliphatic heterocycles. The minimum Gasteiger partial charge on any atom is -0.492 e. The molecule has 0 amide bonds. The maximum atomic E-state index is 13.5. The summed E-state index contributed by atoms with van der Waals surface area (Å²) in [6.07, 6.45) is 1.68. The van der Waals surface area contributed by atoms with Crippen LogP contribution in [0.2, 0.25) is 5.02 Å². The van der Waals surface area contributed by atoms with Crippen molar-refractivity contribution in [2.24, 2.45) is 0 Å². The summed E-state index contributed by atoms with van der Waals surface area (Å²) in [4.78, 5) is 19.3. The van der Waals surface area contributed by atoms with E-state index in [1.807, 2.05) is 17.0 Å². The quantitative estimate of drug-likeness (QED) is 0.595. The van der Waals surface area contributed by atoms with E-state index in [9.17, 15) is 14.3 Å². The highest BCUT2D eigenvalue weighted by molar-refractivity contribution is 6.30. The minimum absolute atomic E-state index is 0.350. The summed E-state index contributed by atoms with van der Waals surface area (Å²) in [5.74, 6) is -0.475. The van der Waals surface area contributed by atoms with Gasteiger partial charge in [-0.15, -0.1) is 0 Å². The second-order valence-corrected chi connectivity index (χ2v) is 7.79. The van der Waals surface area contributed by atoms with Gasteiger partial charge in [0.15, 0.2) is 0 Å². The molecule has 1 atom stereocenters. The van der Waals surface area contributed by atoms with Crippen LogP contribution in [0.3, 0.4) is 0 Å². The Morgan fingerprint density at radius 1 is 1.17 bits per heavy atom. The summed E-state index contributed by atoms with van der Waals surface area (Å²) in [7, 11) is 0. The molecule has 0 spiro atoms. The summed E-state index contributed by atoms with van der Waals surface area (Å²) in [6.45, 7) is 4.09. The molecule has 30 heavy (non-hydrogen) atoms. The normalized spacial score (nSPS) is 16.6. The molecule has 0 radical (unpaired) electrons. The van der Waals surface area contributed by atoms with Gasteiger partial charge in [0.25, 0.3) is 0 Å². The summed E-state index contributed by atoms with van der Waals surface area (Å²) >= 11 is 5.88. The first kappa shape index (κ1) is 20.7. The Hall–Kier alpha value is -2.61. The number of aromatic amines is 1. The number of rotatable bonds is 7. The lowest BCUT2D eigenvalue weighted by molar-refractivity contribution is -0.144. The van der Waals surface area contributed by atoms with Crippen LogP contribution in [0.25, 0.3) is 10.9 Å². The topological polar surface area (TPSA) is 68.8 Å². The fourth-order valence-electron chi connectivity index (χ4n) is 3.90. The second-order valence-electron chi connectivity index (χ2n) is 7.35. The number of carboxylic acid groups (broad SMARTS) is 1. The van der Waals surface area contributed by atoms with Crippen molar-refractivity contribution >= 4 is 28.5 Å². The molecule has 2 N–H and O–H groups in total. The Morgan fingerprint density at radius 3 is 2.60 bits per heavy atom. The molecule has 1 saturated heterocycles. The highest BCUT2D eigenvalue weighted by atomic mass is 35.5. The van der Waals surface area contributed by atoms with Gasteiger partial charge in [-0.3, -0.25) is 14.6 Å². The third kappa shape index (κ3) is 4.59. The Bertz CT molecular complexity index is 1020. The molecule has 158 valence electrons. The van der Waals surface area contributed by atoms with Crippen molar-refractivity contribution < 1.29 is 19.0 Å². The molecule has 1 fully saturated rings. The predicted molar refractivity (Wildman–Crippen MR) is 114 cm³/mol. The van der Waals surface area contributed by atoms with Crippen LogP contribution in [-0.4, -0.2) is 65.2 Å². The van der Waals surface area contributed by atoms with Gasteiger partial charge in [0.05, 0.1) is 0 Å². The zero-order valence-electron chi connectivity index (χ0n) is 16.4. The zero-order chi connectivity index (χ0) is 21.1. The van der Waals surface area contributed by atoms with Crippen LogP contribution in [0.1, 0.15) is 11.6 Å². The van der Waals surface area contributed by atoms with E-state index in [-0.39, 0.29) is 5.82 Å². The standard InChI is InChI=1S/C22H23ClFN3O3/c23-15-1-4-17(5-2-15)30-12-11-26-7-9-27(10-8-26)21(22(28)29)19-14-25-20-13-16(24)3-6-18(19)20/h1-6,13-14,21,25H,7-12H2,(H,28,29)/t21-/m0/s1. The SMILES string of the molecule is O=C(O)[C@H](c1c[nH]c2cc(F)ccc12)N1CCN(CCOc2ccc(Cl)cc2)CC1. The number of carbonyl (C=O) groups is 1. The molecule has 8 heteroatoms. The number of aromatic nitrogens is 1. The number of fused-ring (bicyclic) bond motifs is 1. The smallest absolute Gasteiger partial charge is 0.325 e. The van der Waals surface area contributed by atoms with Crippen LogP contribution >= 0.6 is 11.6 Å². The number of halogens is 2. The van der Waals surface area contributed by atoms with E-state index in [1.54, 1.807) is 24.4 Å². The van der Waals surface area contributed by atoms with Crippen LogP contribution in [0.5, 0.6) is 5.75 Å². The summed E-state index contributed by atoms with van der Waals surface area (Å²) in [6, 6.07) is 10.9. The third-order valence-electron chi connectivity index (χ3n) is 5.47. The molecule has 2 aromatic carbocycles. The monoisotopic (exact) mass is 431 g/mol. The van der Waals surface area contributed by atoms with E-state index in [0.717, 1.165) is 30.8 Å². The molecule has 6 nitrogen and oxygen atoms in total. The number of aliphatic carboxylic acids is 1. The highest BCUT2D eigenvalue weighted by Gasteiger charge is 2.32. The fraction of sp³-hybridized carbons (Fsp3) is 0.318. The van der Waals surface area contributed by atoms with Gasteiger partial charge in [0.1, 0.15) is 24.2 Å². The number of carboxylic acids is 1. The maximum Gasteiger partial charge on any atom is 0.325 e. The lowest BCUT2D eigenvalue weighted by Crippen LogP contribution is -2.50. The van der Waals surface area contributed by atoms with Crippen molar-refractivity contribution in [3.8, 4) is 5.75 Å². The number of hydrogen-bond acceptors (Lipinski definition) is 4. The average molecular weight is 432 g/mol. The van der Waals surface area contributed by atoms with Gasteiger partial charge < -0.3 is 14.8 Å². The first-order chi connectivity index (χ1) is 14.5. The molecule has 0 unspecified atom stereocenters. The average Bonchev–Trinajstić information content (AvgIpc) is 3.13. The maximum absolute atomic E-state index is 13.5. The Labute approximate surface area is 178 Å². The fourth-order valence-corrected chi connectivity index (χ4v) is 4.03. The van der Waals surface area contributed by atoms with Gasteiger partial charge in [-0.25, -0.2) is 4.39 Å². The number of hydrogen-bond donors (Lipinski definition) is 2. The van der Waals surface area contributed by atoms with Crippen LogP contribution in [0.4, 0.5) is 4.39 Å². The van der Waals surface area contributed by atoms with Gasteiger partial charge in [0.2, 0.25) is 0 Å². The lowest BCUT2D eigenvalue weighted by Gasteiger charge is -2.37. The number of benzene rings is 2. The molecule has 1 aromatic heterocycles. The van der Waals surface area contributed by atoms with E-state index >= 15 is 0 Å². The van der Waals surface area contributed by atoms with Gasteiger partial charge >= 0.3 is 5.97 Å². The van der Waals surface area contributed by atoms with Crippen molar-refractivity contribution in [2.75, 3.05) is 39.3 Å². The van der Waals surface area contributed by atoms with Crippen molar-refractivity contribution in [2.45, 2.75) is 6.04 Å². The summed E-state index contributed by atoms with van der Waals surface area (Å²) in [5, 5.41) is 11.3. The van der Waals surface area contributed by atoms with Gasteiger partial charge in [-0.2, -0.15) is 0 Å². The molecular weight excluding hydrogens is 409 g/mol. The predicted octanol–water partition coefficient (Wildman–Crippen LogP) is 3.78. The third-order valence-corrected chi connectivity index (χ3v) is 5.72. The van der Waals surface area contributed by atoms with E-state index in [2.05, 4.69) is 9.88 Å². The largest absolute Gasteiger partial charge is 0.492 e. The van der Waals surface area contributed by atoms with Crippen molar-refractivity contribution in [3.05, 3.63) is 65.1 Å². The lowest BCUT2D eigenvalue weighted by atomic mass is 10.0. The highest BCUT2D eigenvalue weighted by Crippen LogP contribution is 2.30. The van der Waals surface area contributed by atoms with Gasteiger partial charge in [-0.1, -0.05) is 11.6 Å². The molecular formula is C22H23ClFN3O3. The Morgan fingerprint density at radius 2 is 1.90 bits per heavy atom. The first-order valence-corrected chi connectivity index (χ1v) is 10.2. The number of nitrogens with zero attached hydrogens (tertiary/aromatic N) is 2. The molecule has 4 rings (SSSR count). The van der Waals surface area contributed by atoms with E-state index < -0.39 is 12.0 Å². The van der Waals surface area contributed by atoms with Gasteiger partial charge in [0, 0.05) is 60.4 Å². The first-order valence-electron chi connectivity index (χ1n) is 9.85. The van der Waals surface area contributed by atoms with Crippen molar-refractivity contribution in [1.29, 1.82) is 0 Å². The molecule has 0 saturated carbocycles. The molecule has 1 aliphatic rings. The van der Waals surface area contributed by atoms with Crippen molar-refractivity contribution in [1.82, 2.24) is 14.8 Å². The van der Waals surface area contributed by atoms with Crippen molar-refractivity contribution in [3.63, 3.8) is 0 Å². The summed E-state index contributed by atoms with van der Waals surface area (Å²) in [5.41, 5.74) is 1.27. The number of H-pyrrole nitrogens is 1. The number of piperazine rings is 1. The second kappa shape index (κ2) is 9.04. The molecule has 2 heterocycles. The van der Waals surface area contributed by atoms with E-state index in [0.29, 0.717) is 35.8 Å². The van der Waals surface area contributed by atoms with Crippen LogP contribution in [0.15, 0.2) is 48.7 Å².